The molecule has 1 atom stereocenters. The van der Waals surface area contributed by atoms with E-state index in [9.17, 15) is 0 Å². The molecule has 6 nitrogen and oxygen atoms in total. The van der Waals surface area contributed by atoms with Crippen molar-refractivity contribution in [1.29, 1.82) is 0 Å². The maximum atomic E-state index is 5.66. The van der Waals surface area contributed by atoms with E-state index >= 15 is 0 Å². The molecule has 1 aromatic carbocycles. The Kier molecular flexibility index (Phi) is 4.01. The maximum Gasteiger partial charge on any atom is 0.255 e. The summed E-state index contributed by atoms with van der Waals surface area (Å²) in [7, 11) is 5.01. The van der Waals surface area contributed by atoms with E-state index in [1.165, 1.54) is 0 Å². The van der Waals surface area contributed by atoms with E-state index in [4.69, 9.17) is 13.9 Å². The second-order valence-electron chi connectivity index (χ2n) is 3.99. The Morgan fingerprint density at radius 1 is 1.16 bits per heavy atom. The number of hydrogen-bond acceptors (Lipinski definition) is 6. The molecule has 0 fully saturated rings. The van der Waals surface area contributed by atoms with Crippen molar-refractivity contribution in [1.82, 2.24) is 15.5 Å². The van der Waals surface area contributed by atoms with Gasteiger partial charge >= 0.3 is 0 Å². The Hall–Kier alpha value is -2.08. The normalized spacial score (nSPS) is 12.2. The van der Waals surface area contributed by atoms with Crippen LogP contribution in [0.1, 0.15) is 18.9 Å². The highest BCUT2D eigenvalue weighted by Crippen LogP contribution is 2.37. The molecule has 1 aromatic heterocycles. The van der Waals surface area contributed by atoms with Gasteiger partial charge in [0.25, 0.3) is 5.89 Å². The van der Waals surface area contributed by atoms with Gasteiger partial charge in [0.05, 0.1) is 20.3 Å². The number of nitrogens with one attached hydrogen (secondary N) is 1. The molecule has 0 aliphatic heterocycles. The van der Waals surface area contributed by atoms with Crippen molar-refractivity contribution < 1.29 is 13.9 Å². The van der Waals surface area contributed by atoms with Gasteiger partial charge in [-0.15, -0.1) is 10.2 Å². The van der Waals surface area contributed by atoms with E-state index in [1.807, 2.05) is 32.2 Å². The number of rotatable bonds is 5. The Bertz CT molecular complexity index is 532. The SMILES string of the molecule is CNC(C)c1nnc(-c2c(OC)cccc2OC)o1. The third-order valence-electron chi connectivity index (χ3n) is 2.89. The molecular weight excluding hydrogens is 246 g/mol. The van der Waals surface area contributed by atoms with Gasteiger partial charge in [-0.1, -0.05) is 6.07 Å². The minimum Gasteiger partial charge on any atom is -0.496 e. The van der Waals surface area contributed by atoms with Crippen LogP contribution in [0.25, 0.3) is 11.5 Å². The van der Waals surface area contributed by atoms with Crippen molar-refractivity contribution in [3.05, 3.63) is 24.1 Å². The van der Waals surface area contributed by atoms with E-state index in [0.29, 0.717) is 28.8 Å². The predicted molar refractivity (Wildman–Crippen MR) is 70.3 cm³/mol. The van der Waals surface area contributed by atoms with Gasteiger partial charge in [-0.05, 0) is 26.1 Å². The number of methoxy groups -OCH3 is 2. The van der Waals surface area contributed by atoms with E-state index in [-0.39, 0.29) is 6.04 Å². The smallest absolute Gasteiger partial charge is 0.255 e. The first-order valence-electron chi connectivity index (χ1n) is 5.93. The molecule has 2 rings (SSSR count). The molecule has 0 aliphatic carbocycles. The van der Waals surface area contributed by atoms with Crippen molar-refractivity contribution in [2.45, 2.75) is 13.0 Å². The van der Waals surface area contributed by atoms with Crippen molar-refractivity contribution >= 4 is 0 Å². The highest BCUT2D eigenvalue weighted by atomic mass is 16.5. The van der Waals surface area contributed by atoms with Crippen LogP contribution in [-0.2, 0) is 0 Å². The lowest BCUT2D eigenvalue weighted by molar-refractivity contribution is 0.390. The largest absolute Gasteiger partial charge is 0.496 e. The van der Waals surface area contributed by atoms with Crippen LogP contribution in [0.3, 0.4) is 0 Å². The number of hydrogen-bond donors (Lipinski definition) is 1. The molecule has 1 unspecified atom stereocenters. The molecule has 0 radical (unpaired) electrons. The minimum absolute atomic E-state index is 0.0121. The zero-order valence-corrected chi connectivity index (χ0v) is 11.4. The van der Waals surface area contributed by atoms with Crippen LogP contribution in [0.2, 0.25) is 0 Å². The molecule has 102 valence electrons. The summed E-state index contributed by atoms with van der Waals surface area (Å²) in [6, 6.07) is 5.48. The Morgan fingerprint density at radius 2 is 1.79 bits per heavy atom. The molecule has 0 aliphatic rings. The minimum atomic E-state index is -0.0121. The second-order valence-corrected chi connectivity index (χ2v) is 3.99. The zero-order chi connectivity index (χ0) is 13.8. The summed E-state index contributed by atoms with van der Waals surface area (Å²) >= 11 is 0. The Labute approximate surface area is 111 Å². The highest BCUT2D eigenvalue weighted by molar-refractivity contribution is 5.70. The molecule has 0 spiro atoms. The average molecular weight is 263 g/mol. The molecule has 2 aromatic rings. The molecule has 1 heterocycles. The van der Waals surface area contributed by atoms with Crippen LogP contribution in [0.5, 0.6) is 11.5 Å². The number of benzene rings is 1. The van der Waals surface area contributed by atoms with Crippen molar-refractivity contribution in [2.24, 2.45) is 0 Å². The first-order valence-corrected chi connectivity index (χ1v) is 5.93. The standard InChI is InChI=1S/C13H17N3O3/c1-8(14-2)12-15-16-13(19-12)11-9(17-3)6-5-7-10(11)18-4/h5-8,14H,1-4H3. The van der Waals surface area contributed by atoms with Gasteiger partial charge in [0, 0.05) is 0 Å². The van der Waals surface area contributed by atoms with Gasteiger partial charge < -0.3 is 19.2 Å². The quantitative estimate of drug-likeness (QED) is 0.890. The fourth-order valence-corrected chi connectivity index (χ4v) is 1.70. The summed E-state index contributed by atoms with van der Waals surface area (Å²) in [5.41, 5.74) is 0.662. The monoisotopic (exact) mass is 263 g/mol. The Morgan fingerprint density at radius 3 is 2.32 bits per heavy atom. The molecule has 0 saturated heterocycles. The first kappa shape index (κ1) is 13.4. The van der Waals surface area contributed by atoms with Crippen LogP contribution in [-0.4, -0.2) is 31.5 Å². The molecule has 6 heteroatoms. The van der Waals surface area contributed by atoms with Gasteiger partial charge in [-0.3, -0.25) is 0 Å². The van der Waals surface area contributed by atoms with Crippen molar-refractivity contribution in [3.63, 3.8) is 0 Å². The van der Waals surface area contributed by atoms with Crippen LogP contribution >= 0.6 is 0 Å². The number of ether oxygens (including phenoxy) is 2. The first-order chi connectivity index (χ1) is 9.21. The summed E-state index contributed by atoms with van der Waals surface area (Å²) in [6.45, 7) is 1.94. The fourth-order valence-electron chi connectivity index (χ4n) is 1.70. The van der Waals surface area contributed by atoms with Crippen LogP contribution < -0.4 is 14.8 Å². The maximum absolute atomic E-state index is 5.66. The third kappa shape index (κ3) is 2.53. The second kappa shape index (κ2) is 5.71. The topological polar surface area (TPSA) is 69.4 Å². The molecule has 0 amide bonds. The number of aromatic nitrogens is 2. The summed E-state index contributed by atoms with van der Waals surface area (Å²) in [6.07, 6.45) is 0. The lowest BCUT2D eigenvalue weighted by atomic mass is 10.1. The zero-order valence-electron chi connectivity index (χ0n) is 11.4. The lowest BCUT2D eigenvalue weighted by Gasteiger charge is -2.09. The molecule has 0 bridgehead atoms. The molecule has 0 saturated carbocycles. The van der Waals surface area contributed by atoms with Crippen LogP contribution in [0, 0.1) is 0 Å². The van der Waals surface area contributed by atoms with E-state index in [0.717, 1.165) is 0 Å². The predicted octanol–water partition coefficient (Wildman–Crippen LogP) is 2.03. The van der Waals surface area contributed by atoms with Gasteiger partial charge in [-0.25, -0.2) is 0 Å². The van der Waals surface area contributed by atoms with Crippen LogP contribution in [0.4, 0.5) is 0 Å². The van der Waals surface area contributed by atoms with Gasteiger partial charge in [0.1, 0.15) is 17.1 Å². The molecular formula is C13H17N3O3. The summed E-state index contributed by atoms with van der Waals surface area (Å²) in [5, 5.41) is 11.1. The third-order valence-corrected chi connectivity index (χ3v) is 2.89. The fraction of sp³-hybridized carbons (Fsp3) is 0.385. The van der Waals surface area contributed by atoms with E-state index in [1.54, 1.807) is 14.2 Å². The average Bonchev–Trinajstić information content (AvgIpc) is 2.94. The van der Waals surface area contributed by atoms with Gasteiger partial charge in [-0.2, -0.15) is 0 Å². The summed E-state index contributed by atoms with van der Waals surface area (Å²) < 4.78 is 16.3. The lowest BCUT2D eigenvalue weighted by Crippen LogP contribution is -2.12. The van der Waals surface area contributed by atoms with Gasteiger partial charge in [0.15, 0.2) is 0 Å². The molecule has 1 N–H and O–H groups in total. The number of nitrogens with zero attached hydrogens (tertiary/aromatic N) is 2. The van der Waals surface area contributed by atoms with Gasteiger partial charge in [0.2, 0.25) is 5.89 Å². The van der Waals surface area contributed by atoms with E-state index < -0.39 is 0 Å². The Balaban J connectivity index is 2.48. The van der Waals surface area contributed by atoms with E-state index in [2.05, 4.69) is 15.5 Å². The summed E-state index contributed by atoms with van der Waals surface area (Å²) in [4.78, 5) is 0. The van der Waals surface area contributed by atoms with Crippen molar-refractivity contribution in [3.8, 4) is 23.0 Å². The highest BCUT2D eigenvalue weighted by Gasteiger charge is 2.20. The molecule has 19 heavy (non-hydrogen) atoms. The van der Waals surface area contributed by atoms with Crippen molar-refractivity contribution in [2.75, 3.05) is 21.3 Å². The summed E-state index contributed by atoms with van der Waals surface area (Å²) in [5.74, 6) is 2.16. The van der Waals surface area contributed by atoms with Crippen LogP contribution in [0.15, 0.2) is 22.6 Å².